The number of carbonyl (C=O) groups excluding carboxylic acids is 4. The Morgan fingerprint density at radius 3 is 2.14 bits per heavy atom. The van der Waals surface area contributed by atoms with Crippen LogP contribution in [-0.4, -0.2) is 30.9 Å². The predicted molar refractivity (Wildman–Crippen MR) is 72.9 cm³/mol. The fraction of sp³-hybridized carbons (Fsp3) is 0.333. The normalized spacial score (nSPS) is 20.5. The SMILES string of the molecule is COc1ccc(N2C(=O)CC3(CC(=O)OC(=O)C3)C2=O)cc1. The van der Waals surface area contributed by atoms with E-state index >= 15 is 0 Å². The van der Waals surface area contributed by atoms with Gasteiger partial charge in [-0.05, 0) is 24.3 Å². The van der Waals surface area contributed by atoms with Crippen LogP contribution in [0.15, 0.2) is 24.3 Å². The fourth-order valence-electron chi connectivity index (χ4n) is 2.88. The second kappa shape index (κ2) is 4.94. The molecule has 0 bridgehead atoms. The number of cyclic esters (lactones) is 2. The maximum atomic E-state index is 12.7. The number of ether oxygens (including phenoxy) is 2. The Labute approximate surface area is 125 Å². The summed E-state index contributed by atoms with van der Waals surface area (Å²) in [5, 5.41) is 0. The van der Waals surface area contributed by atoms with Crippen LogP contribution in [0.3, 0.4) is 0 Å². The quantitative estimate of drug-likeness (QED) is 0.456. The summed E-state index contributed by atoms with van der Waals surface area (Å²) in [6, 6.07) is 6.41. The molecule has 1 aromatic rings. The van der Waals surface area contributed by atoms with Crippen LogP contribution in [0, 0.1) is 5.41 Å². The van der Waals surface area contributed by atoms with Crippen molar-refractivity contribution in [3.63, 3.8) is 0 Å². The number of anilines is 1. The van der Waals surface area contributed by atoms with E-state index in [1.807, 2.05) is 0 Å². The summed E-state index contributed by atoms with van der Waals surface area (Å²) < 4.78 is 9.48. The molecule has 1 spiro atoms. The molecular formula is C15H13NO6. The van der Waals surface area contributed by atoms with Crippen molar-refractivity contribution in [2.75, 3.05) is 12.0 Å². The number of rotatable bonds is 2. The molecule has 2 heterocycles. The average molecular weight is 303 g/mol. The van der Waals surface area contributed by atoms with Gasteiger partial charge in [0.05, 0.1) is 31.1 Å². The number of methoxy groups -OCH3 is 1. The van der Waals surface area contributed by atoms with E-state index in [9.17, 15) is 19.2 Å². The van der Waals surface area contributed by atoms with Gasteiger partial charge in [0.1, 0.15) is 5.75 Å². The Morgan fingerprint density at radius 1 is 1.00 bits per heavy atom. The van der Waals surface area contributed by atoms with E-state index in [1.54, 1.807) is 24.3 Å². The van der Waals surface area contributed by atoms with Gasteiger partial charge in [0.2, 0.25) is 11.8 Å². The molecule has 1 aromatic carbocycles. The number of amides is 2. The summed E-state index contributed by atoms with van der Waals surface area (Å²) in [7, 11) is 1.51. The Hall–Kier alpha value is -2.70. The fourth-order valence-corrected chi connectivity index (χ4v) is 2.88. The van der Waals surface area contributed by atoms with Crippen LogP contribution in [0.4, 0.5) is 5.69 Å². The first-order valence-corrected chi connectivity index (χ1v) is 6.70. The standard InChI is InChI=1S/C15H13NO6/c1-21-10-4-2-9(3-5-10)16-11(17)6-15(14(16)20)7-12(18)22-13(19)8-15/h2-5H,6-8H2,1H3. The lowest BCUT2D eigenvalue weighted by molar-refractivity contribution is -0.171. The molecule has 0 atom stereocenters. The number of carbonyl (C=O) groups is 4. The molecule has 0 aliphatic carbocycles. The minimum Gasteiger partial charge on any atom is -0.497 e. The first kappa shape index (κ1) is 14.2. The van der Waals surface area contributed by atoms with Gasteiger partial charge in [-0.2, -0.15) is 0 Å². The average Bonchev–Trinajstić information content (AvgIpc) is 2.68. The minimum atomic E-state index is -1.30. The highest BCUT2D eigenvalue weighted by atomic mass is 16.6. The predicted octanol–water partition coefficient (Wildman–Crippen LogP) is 0.808. The Morgan fingerprint density at radius 2 is 1.59 bits per heavy atom. The molecule has 0 radical (unpaired) electrons. The van der Waals surface area contributed by atoms with E-state index < -0.39 is 29.2 Å². The van der Waals surface area contributed by atoms with E-state index in [-0.39, 0.29) is 19.3 Å². The summed E-state index contributed by atoms with van der Waals surface area (Å²) in [6.07, 6.45) is -0.676. The van der Waals surface area contributed by atoms with Gasteiger partial charge >= 0.3 is 11.9 Å². The Kier molecular flexibility index (Phi) is 3.20. The minimum absolute atomic E-state index is 0.168. The number of imide groups is 1. The van der Waals surface area contributed by atoms with Gasteiger partial charge in [-0.3, -0.25) is 24.1 Å². The summed E-state index contributed by atoms with van der Waals surface area (Å²) in [6.45, 7) is 0. The van der Waals surface area contributed by atoms with Crippen LogP contribution in [-0.2, 0) is 23.9 Å². The van der Waals surface area contributed by atoms with E-state index in [4.69, 9.17) is 4.74 Å². The first-order valence-electron chi connectivity index (χ1n) is 6.70. The summed E-state index contributed by atoms with van der Waals surface area (Å²) >= 11 is 0. The number of esters is 2. The van der Waals surface area contributed by atoms with Gasteiger partial charge < -0.3 is 9.47 Å². The third kappa shape index (κ3) is 2.14. The molecule has 3 rings (SSSR count). The van der Waals surface area contributed by atoms with Crippen LogP contribution in [0.1, 0.15) is 19.3 Å². The molecule has 0 N–H and O–H groups in total. The lowest BCUT2D eigenvalue weighted by Gasteiger charge is -2.28. The second-order valence-electron chi connectivity index (χ2n) is 5.39. The second-order valence-corrected chi connectivity index (χ2v) is 5.39. The van der Waals surface area contributed by atoms with E-state index in [2.05, 4.69) is 4.74 Å². The smallest absolute Gasteiger partial charge is 0.314 e. The molecule has 0 unspecified atom stereocenters. The molecule has 114 valence electrons. The molecule has 2 aliphatic heterocycles. The number of hydrogen-bond donors (Lipinski definition) is 0. The number of benzene rings is 1. The molecular weight excluding hydrogens is 290 g/mol. The maximum absolute atomic E-state index is 12.7. The lowest BCUT2D eigenvalue weighted by Crippen LogP contribution is -2.42. The molecule has 22 heavy (non-hydrogen) atoms. The van der Waals surface area contributed by atoms with E-state index in [0.717, 1.165) is 4.90 Å². The van der Waals surface area contributed by atoms with Crippen molar-refractivity contribution < 1.29 is 28.7 Å². The monoisotopic (exact) mass is 303 g/mol. The van der Waals surface area contributed by atoms with Gasteiger partial charge in [-0.15, -0.1) is 0 Å². The van der Waals surface area contributed by atoms with Crippen LogP contribution < -0.4 is 9.64 Å². The summed E-state index contributed by atoms with van der Waals surface area (Å²) in [5.74, 6) is -1.91. The summed E-state index contributed by atoms with van der Waals surface area (Å²) in [4.78, 5) is 48.9. The third-order valence-electron chi connectivity index (χ3n) is 3.92. The van der Waals surface area contributed by atoms with Gasteiger partial charge in [0.15, 0.2) is 0 Å². The molecule has 7 heteroatoms. The van der Waals surface area contributed by atoms with Crippen LogP contribution in [0.25, 0.3) is 0 Å². The van der Waals surface area contributed by atoms with Crippen molar-refractivity contribution in [3.05, 3.63) is 24.3 Å². The number of hydrogen-bond acceptors (Lipinski definition) is 6. The van der Waals surface area contributed by atoms with Crippen molar-refractivity contribution in [2.24, 2.45) is 5.41 Å². The van der Waals surface area contributed by atoms with E-state index in [1.165, 1.54) is 7.11 Å². The van der Waals surface area contributed by atoms with Gasteiger partial charge in [0, 0.05) is 6.42 Å². The van der Waals surface area contributed by atoms with Crippen molar-refractivity contribution in [1.82, 2.24) is 0 Å². The molecule has 2 aliphatic rings. The highest BCUT2D eigenvalue weighted by Crippen LogP contribution is 2.44. The molecule has 0 saturated carbocycles. The topological polar surface area (TPSA) is 90.0 Å². The van der Waals surface area contributed by atoms with Crippen LogP contribution >= 0.6 is 0 Å². The van der Waals surface area contributed by atoms with Gasteiger partial charge in [-0.1, -0.05) is 0 Å². The molecule has 0 aromatic heterocycles. The highest BCUT2D eigenvalue weighted by Gasteiger charge is 2.56. The van der Waals surface area contributed by atoms with Gasteiger partial charge in [-0.25, -0.2) is 0 Å². The Balaban J connectivity index is 1.94. The summed E-state index contributed by atoms with van der Waals surface area (Å²) in [5.41, 5.74) is -0.914. The van der Waals surface area contributed by atoms with Crippen LogP contribution in [0.5, 0.6) is 5.75 Å². The molecule has 7 nitrogen and oxygen atoms in total. The van der Waals surface area contributed by atoms with Crippen molar-refractivity contribution >= 4 is 29.4 Å². The molecule has 2 saturated heterocycles. The maximum Gasteiger partial charge on any atom is 0.314 e. The molecule has 2 amide bonds. The Bertz CT molecular complexity index is 662. The zero-order valence-corrected chi connectivity index (χ0v) is 11.8. The first-order chi connectivity index (χ1) is 10.4. The third-order valence-corrected chi connectivity index (χ3v) is 3.92. The van der Waals surface area contributed by atoms with Crippen LogP contribution in [0.2, 0.25) is 0 Å². The van der Waals surface area contributed by atoms with Crippen molar-refractivity contribution in [1.29, 1.82) is 0 Å². The zero-order valence-electron chi connectivity index (χ0n) is 11.8. The highest BCUT2D eigenvalue weighted by molar-refractivity contribution is 6.24. The number of nitrogens with zero attached hydrogens (tertiary/aromatic N) is 1. The van der Waals surface area contributed by atoms with Crippen molar-refractivity contribution in [3.8, 4) is 5.75 Å². The molecule has 2 fully saturated rings. The zero-order chi connectivity index (χ0) is 15.9. The van der Waals surface area contributed by atoms with Gasteiger partial charge in [0.25, 0.3) is 0 Å². The largest absolute Gasteiger partial charge is 0.497 e. The lowest BCUT2D eigenvalue weighted by atomic mass is 9.78. The van der Waals surface area contributed by atoms with E-state index in [0.29, 0.717) is 11.4 Å². The van der Waals surface area contributed by atoms with Crippen molar-refractivity contribution in [2.45, 2.75) is 19.3 Å².